The van der Waals surface area contributed by atoms with Crippen LogP contribution in [-0.4, -0.2) is 21.9 Å². The summed E-state index contributed by atoms with van der Waals surface area (Å²) in [5.74, 6) is 0.646. The Labute approximate surface area is 113 Å². The Morgan fingerprint density at radius 2 is 2.05 bits per heavy atom. The van der Waals surface area contributed by atoms with Gasteiger partial charge in [0, 0.05) is 37.5 Å². The second kappa shape index (κ2) is 5.84. The number of ether oxygens (including phenoxy) is 1. The van der Waals surface area contributed by atoms with Crippen LogP contribution in [0.15, 0.2) is 18.2 Å². The molecule has 0 amide bonds. The lowest BCUT2D eigenvalue weighted by Gasteiger charge is -2.06. The standard InChI is InChI=1S/C14H20N4O/c1-10-13(11(2)18(3)17-10)9-15-8-12-6-5-7-14(16-12)19-4/h5-7,15H,8-9H2,1-4H3. The molecule has 19 heavy (non-hydrogen) atoms. The van der Waals surface area contributed by atoms with Gasteiger partial charge in [-0.3, -0.25) is 4.68 Å². The Bertz CT molecular complexity index is 563. The third-order valence-corrected chi connectivity index (χ3v) is 3.26. The number of hydrogen-bond acceptors (Lipinski definition) is 4. The minimum atomic E-state index is 0.646. The van der Waals surface area contributed by atoms with Crippen LogP contribution in [0, 0.1) is 13.8 Å². The lowest BCUT2D eigenvalue weighted by atomic mass is 10.2. The molecule has 5 nitrogen and oxygen atoms in total. The lowest BCUT2D eigenvalue weighted by Crippen LogP contribution is -2.15. The van der Waals surface area contributed by atoms with Gasteiger partial charge in [0.1, 0.15) is 0 Å². The van der Waals surface area contributed by atoms with Gasteiger partial charge in [-0.1, -0.05) is 6.07 Å². The van der Waals surface area contributed by atoms with Crippen LogP contribution in [0.25, 0.3) is 0 Å². The Balaban J connectivity index is 1.96. The average molecular weight is 260 g/mol. The van der Waals surface area contributed by atoms with E-state index in [1.54, 1.807) is 7.11 Å². The highest BCUT2D eigenvalue weighted by Gasteiger charge is 2.08. The van der Waals surface area contributed by atoms with E-state index in [1.165, 1.54) is 11.3 Å². The van der Waals surface area contributed by atoms with Gasteiger partial charge in [-0.15, -0.1) is 0 Å². The molecule has 0 aromatic carbocycles. The van der Waals surface area contributed by atoms with Crippen LogP contribution >= 0.6 is 0 Å². The van der Waals surface area contributed by atoms with Crippen molar-refractivity contribution in [2.45, 2.75) is 26.9 Å². The van der Waals surface area contributed by atoms with Gasteiger partial charge in [0.2, 0.25) is 5.88 Å². The van der Waals surface area contributed by atoms with Gasteiger partial charge >= 0.3 is 0 Å². The molecule has 0 bridgehead atoms. The van der Waals surface area contributed by atoms with Crippen molar-refractivity contribution < 1.29 is 4.74 Å². The van der Waals surface area contributed by atoms with Crippen molar-refractivity contribution in [2.24, 2.45) is 7.05 Å². The molecule has 0 saturated heterocycles. The Morgan fingerprint density at radius 3 is 2.68 bits per heavy atom. The molecule has 2 aromatic heterocycles. The topological polar surface area (TPSA) is 52.0 Å². The number of aromatic nitrogens is 3. The zero-order valence-corrected chi connectivity index (χ0v) is 11.9. The van der Waals surface area contributed by atoms with Gasteiger partial charge in [0.25, 0.3) is 0 Å². The maximum Gasteiger partial charge on any atom is 0.213 e. The number of nitrogens with zero attached hydrogens (tertiary/aromatic N) is 3. The van der Waals surface area contributed by atoms with Crippen molar-refractivity contribution >= 4 is 0 Å². The molecule has 102 valence electrons. The number of rotatable bonds is 5. The van der Waals surface area contributed by atoms with Crippen LogP contribution in [0.4, 0.5) is 0 Å². The van der Waals surface area contributed by atoms with Crippen molar-refractivity contribution in [1.82, 2.24) is 20.1 Å². The fourth-order valence-corrected chi connectivity index (χ4v) is 2.06. The first-order chi connectivity index (χ1) is 9.11. The highest BCUT2D eigenvalue weighted by molar-refractivity contribution is 5.24. The number of nitrogens with one attached hydrogen (secondary N) is 1. The molecule has 2 heterocycles. The van der Waals surface area contributed by atoms with Gasteiger partial charge < -0.3 is 10.1 Å². The quantitative estimate of drug-likeness (QED) is 0.889. The van der Waals surface area contributed by atoms with E-state index in [0.717, 1.165) is 17.9 Å². The van der Waals surface area contributed by atoms with Crippen LogP contribution < -0.4 is 10.1 Å². The van der Waals surface area contributed by atoms with Gasteiger partial charge in [-0.25, -0.2) is 4.98 Å². The van der Waals surface area contributed by atoms with E-state index in [0.29, 0.717) is 12.4 Å². The van der Waals surface area contributed by atoms with E-state index < -0.39 is 0 Å². The largest absolute Gasteiger partial charge is 0.481 e. The second-order valence-electron chi connectivity index (χ2n) is 4.55. The lowest BCUT2D eigenvalue weighted by molar-refractivity contribution is 0.395. The summed E-state index contributed by atoms with van der Waals surface area (Å²) in [5, 5.41) is 7.80. The van der Waals surface area contributed by atoms with Crippen LogP contribution in [0.1, 0.15) is 22.6 Å². The third-order valence-electron chi connectivity index (χ3n) is 3.26. The van der Waals surface area contributed by atoms with Crippen molar-refractivity contribution in [3.63, 3.8) is 0 Å². The molecule has 0 atom stereocenters. The number of aryl methyl sites for hydroxylation is 2. The molecule has 0 fully saturated rings. The smallest absolute Gasteiger partial charge is 0.213 e. The maximum atomic E-state index is 5.11. The van der Waals surface area contributed by atoms with E-state index in [9.17, 15) is 0 Å². The maximum absolute atomic E-state index is 5.11. The van der Waals surface area contributed by atoms with E-state index >= 15 is 0 Å². The van der Waals surface area contributed by atoms with Crippen molar-refractivity contribution in [3.8, 4) is 5.88 Å². The van der Waals surface area contributed by atoms with Crippen LogP contribution in [0.2, 0.25) is 0 Å². The highest BCUT2D eigenvalue weighted by Crippen LogP contribution is 2.12. The molecule has 0 aliphatic heterocycles. The van der Waals surface area contributed by atoms with Crippen LogP contribution in [0.5, 0.6) is 5.88 Å². The van der Waals surface area contributed by atoms with Gasteiger partial charge in [-0.2, -0.15) is 5.10 Å². The van der Waals surface area contributed by atoms with Crippen molar-refractivity contribution in [3.05, 3.63) is 40.8 Å². The monoisotopic (exact) mass is 260 g/mol. The molecular weight excluding hydrogens is 240 g/mol. The summed E-state index contributed by atoms with van der Waals surface area (Å²) in [6.07, 6.45) is 0. The van der Waals surface area contributed by atoms with E-state index in [-0.39, 0.29) is 0 Å². The first-order valence-corrected chi connectivity index (χ1v) is 6.31. The first-order valence-electron chi connectivity index (χ1n) is 6.31. The molecule has 2 rings (SSSR count). The zero-order chi connectivity index (χ0) is 13.8. The summed E-state index contributed by atoms with van der Waals surface area (Å²) in [6, 6.07) is 5.78. The summed E-state index contributed by atoms with van der Waals surface area (Å²) >= 11 is 0. The molecule has 0 unspecified atom stereocenters. The minimum absolute atomic E-state index is 0.646. The molecule has 0 radical (unpaired) electrons. The summed E-state index contributed by atoms with van der Waals surface area (Å²) < 4.78 is 7.02. The van der Waals surface area contributed by atoms with Crippen LogP contribution in [0.3, 0.4) is 0 Å². The van der Waals surface area contributed by atoms with Crippen molar-refractivity contribution in [1.29, 1.82) is 0 Å². The predicted octanol–water partition coefficient (Wildman–Crippen LogP) is 1.73. The molecule has 0 aliphatic rings. The van der Waals surface area contributed by atoms with Crippen molar-refractivity contribution in [2.75, 3.05) is 7.11 Å². The summed E-state index contributed by atoms with van der Waals surface area (Å²) in [7, 11) is 3.59. The Hall–Kier alpha value is -1.88. The molecular formula is C14H20N4O. The Morgan fingerprint density at radius 1 is 1.26 bits per heavy atom. The summed E-state index contributed by atoms with van der Waals surface area (Å²) in [6.45, 7) is 5.63. The van der Waals surface area contributed by atoms with Crippen LogP contribution in [-0.2, 0) is 20.1 Å². The molecule has 0 saturated carbocycles. The fraction of sp³-hybridized carbons (Fsp3) is 0.429. The fourth-order valence-electron chi connectivity index (χ4n) is 2.06. The SMILES string of the molecule is COc1cccc(CNCc2c(C)nn(C)c2C)n1. The van der Waals surface area contributed by atoms with E-state index in [2.05, 4.69) is 22.3 Å². The first kappa shape index (κ1) is 13.5. The molecule has 2 aromatic rings. The second-order valence-corrected chi connectivity index (χ2v) is 4.55. The normalized spacial score (nSPS) is 10.7. The summed E-state index contributed by atoms with van der Waals surface area (Å²) in [5.41, 5.74) is 4.50. The number of hydrogen-bond donors (Lipinski definition) is 1. The number of methoxy groups -OCH3 is 1. The molecule has 0 spiro atoms. The van der Waals surface area contributed by atoms with Gasteiger partial charge in [0.05, 0.1) is 18.5 Å². The Kier molecular flexibility index (Phi) is 4.16. The summed E-state index contributed by atoms with van der Waals surface area (Å²) in [4.78, 5) is 4.37. The predicted molar refractivity (Wildman–Crippen MR) is 74.0 cm³/mol. The number of pyridine rings is 1. The third kappa shape index (κ3) is 3.12. The molecule has 5 heteroatoms. The van der Waals surface area contributed by atoms with E-state index in [1.807, 2.05) is 36.9 Å². The van der Waals surface area contributed by atoms with Gasteiger partial charge in [0.15, 0.2) is 0 Å². The average Bonchev–Trinajstić information content (AvgIpc) is 2.65. The molecule has 1 N–H and O–H groups in total. The zero-order valence-electron chi connectivity index (χ0n) is 11.9. The van der Waals surface area contributed by atoms with E-state index in [4.69, 9.17) is 4.74 Å². The van der Waals surface area contributed by atoms with Gasteiger partial charge in [-0.05, 0) is 19.9 Å². The molecule has 0 aliphatic carbocycles. The minimum Gasteiger partial charge on any atom is -0.481 e. The highest BCUT2D eigenvalue weighted by atomic mass is 16.5.